The fraction of sp³-hybridized carbons (Fsp3) is 0.333. The van der Waals surface area contributed by atoms with Gasteiger partial charge in [-0.25, -0.2) is 0 Å². The van der Waals surface area contributed by atoms with Crippen molar-refractivity contribution in [2.75, 3.05) is 26.0 Å². The average Bonchev–Trinajstić information content (AvgIpc) is 2.29. The number of hydrogen-bond donors (Lipinski definition) is 1. The van der Waals surface area contributed by atoms with Crippen molar-refractivity contribution in [3.63, 3.8) is 0 Å². The molecule has 15 heavy (non-hydrogen) atoms. The summed E-state index contributed by atoms with van der Waals surface area (Å²) in [7, 11) is 0. The van der Waals surface area contributed by atoms with Crippen molar-refractivity contribution in [2.45, 2.75) is 4.90 Å². The summed E-state index contributed by atoms with van der Waals surface area (Å²) in [4.78, 5) is 1.16. The Morgan fingerprint density at radius 1 is 1.47 bits per heavy atom. The highest BCUT2D eigenvalue weighted by molar-refractivity contribution is 7.98. The number of hydrogen-bond acceptors (Lipinski definition) is 3. The zero-order valence-electron chi connectivity index (χ0n) is 8.82. The summed E-state index contributed by atoms with van der Waals surface area (Å²) >= 11 is 1.69. The summed E-state index contributed by atoms with van der Waals surface area (Å²) < 4.78 is 5.62. The van der Waals surface area contributed by atoms with Gasteiger partial charge in [0.1, 0.15) is 12.4 Å². The van der Waals surface area contributed by atoms with Gasteiger partial charge in [-0.3, -0.25) is 0 Å². The Morgan fingerprint density at radius 2 is 2.27 bits per heavy atom. The van der Waals surface area contributed by atoms with Crippen molar-refractivity contribution in [1.82, 2.24) is 5.32 Å². The lowest BCUT2D eigenvalue weighted by molar-refractivity contribution is 0.310. The Labute approximate surface area is 95.4 Å². The lowest BCUT2D eigenvalue weighted by Crippen LogP contribution is -2.21. The summed E-state index contributed by atoms with van der Waals surface area (Å²) in [5, 5.41) is 3.07. The van der Waals surface area contributed by atoms with Crippen molar-refractivity contribution in [2.24, 2.45) is 0 Å². The van der Waals surface area contributed by atoms with Crippen molar-refractivity contribution in [3.8, 4) is 18.1 Å². The Balaban J connectivity index is 2.34. The van der Waals surface area contributed by atoms with Gasteiger partial charge in [-0.2, -0.15) is 0 Å². The van der Waals surface area contributed by atoms with E-state index in [1.54, 1.807) is 11.8 Å². The first-order valence-corrected chi connectivity index (χ1v) is 6.01. The third-order valence-corrected chi connectivity index (χ3v) is 2.61. The lowest BCUT2D eigenvalue weighted by atomic mass is 10.3. The van der Waals surface area contributed by atoms with E-state index in [-0.39, 0.29) is 0 Å². The maximum atomic E-state index is 5.62. The van der Waals surface area contributed by atoms with Crippen LogP contribution in [0.4, 0.5) is 0 Å². The van der Waals surface area contributed by atoms with Gasteiger partial charge in [-0.1, -0.05) is 18.1 Å². The van der Waals surface area contributed by atoms with Gasteiger partial charge in [-0.15, -0.1) is 18.2 Å². The summed E-state index contributed by atoms with van der Waals surface area (Å²) in [6.07, 6.45) is 7.15. The maximum absolute atomic E-state index is 5.62. The molecule has 0 aliphatic rings. The predicted octanol–water partition coefficient (Wildman–Crippen LogP) is 2.01. The average molecular weight is 221 g/mol. The van der Waals surface area contributed by atoms with E-state index in [9.17, 15) is 0 Å². The van der Waals surface area contributed by atoms with Crippen LogP contribution in [0.5, 0.6) is 5.75 Å². The molecule has 0 fully saturated rings. The Morgan fingerprint density at radius 3 is 3.00 bits per heavy atom. The molecule has 0 bridgehead atoms. The summed E-state index contributed by atoms with van der Waals surface area (Å²) in [6.45, 7) is 2.00. The minimum atomic E-state index is 0.591. The standard InChI is InChI=1S/C12H15NOS/c1-3-8-13-9-10-14-11-6-4-5-7-12(11)15-2/h1,4-7,13H,8-10H2,2H3. The van der Waals surface area contributed by atoms with Crippen LogP contribution in [-0.2, 0) is 0 Å². The van der Waals surface area contributed by atoms with E-state index in [4.69, 9.17) is 11.2 Å². The molecule has 0 amide bonds. The second-order valence-corrected chi connectivity index (χ2v) is 3.73. The van der Waals surface area contributed by atoms with Crippen LogP contribution in [0.15, 0.2) is 29.2 Å². The zero-order chi connectivity index (χ0) is 10.9. The predicted molar refractivity (Wildman–Crippen MR) is 65.4 cm³/mol. The molecule has 1 aromatic rings. The summed E-state index contributed by atoms with van der Waals surface area (Å²) in [6, 6.07) is 8.01. The van der Waals surface area contributed by atoms with E-state index in [0.29, 0.717) is 13.2 Å². The molecule has 0 heterocycles. The van der Waals surface area contributed by atoms with Gasteiger partial charge in [0, 0.05) is 11.4 Å². The first-order chi connectivity index (χ1) is 7.38. The topological polar surface area (TPSA) is 21.3 Å². The largest absolute Gasteiger partial charge is 0.491 e. The molecule has 1 rings (SSSR count). The Hall–Kier alpha value is -1.11. The molecule has 0 atom stereocenters. The van der Waals surface area contributed by atoms with Crippen LogP contribution in [-0.4, -0.2) is 26.0 Å². The molecule has 0 saturated carbocycles. The van der Waals surface area contributed by atoms with Crippen molar-refractivity contribution in [3.05, 3.63) is 24.3 Å². The molecule has 0 saturated heterocycles. The van der Waals surface area contributed by atoms with Crippen molar-refractivity contribution >= 4 is 11.8 Å². The highest BCUT2D eigenvalue weighted by atomic mass is 32.2. The quantitative estimate of drug-likeness (QED) is 0.451. The molecule has 0 unspecified atom stereocenters. The third kappa shape index (κ3) is 4.28. The van der Waals surface area contributed by atoms with Crippen LogP contribution in [0, 0.1) is 12.3 Å². The highest BCUT2D eigenvalue weighted by Crippen LogP contribution is 2.26. The van der Waals surface area contributed by atoms with Crippen LogP contribution in [0.25, 0.3) is 0 Å². The van der Waals surface area contributed by atoms with Gasteiger partial charge < -0.3 is 10.1 Å². The fourth-order valence-electron chi connectivity index (χ4n) is 1.13. The SMILES string of the molecule is C#CCNCCOc1ccccc1SC. The molecular formula is C12H15NOS. The number of nitrogens with one attached hydrogen (secondary N) is 1. The number of para-hydroxylation sites is 1. The van der Waals surface area contributed by atoms with Gasteiger partial charge in [-0.05, 0) is 18.4 Å². The summed E-state index contributed by atoms with van der Waals surface area (Å²) in [5.41, 5.74) is 0. The molecule has 0 aromatic heterocycles. The van der Waals surface area contributed by atoms with E-state index in [1.807, 2.05) is 24.5 Å². The lowest BCUT2D eigenvalue weighted by Gasteiger charge is -2.09. The van der Waals surface area contributed by atoms with Gasteiger partial charge in [0.25, 0.3) is 0 Å². The zero-order valence-corrected chi connectivity index (χ0v) is 9.64. The van der Waals surface area contributed by atoms with Gasteiger partial charge in [0.05, 0.1) is 6.54 Å². The van der Waals surface area contributed by atoms with Gasteiger partial charge in [0.2, 0.25) is 0 Å². The molecule has 0 radical (unpaired) electrons. The van der Waals surface area contributed by atoms with Gasteiger partial charge in [0.15, 0.2) is 0 Å². The molecule has 0 spiro atoms. The van der Waals surface area contributed by atoms with Gasteiger partial charge >= 0.3 is 0 Å². The third-order valence-electron chi connectivity index (χ3n) is 1.83. The van der Waals surface area contributed by atoms with Crippen LogP contribution >= 0.6 is 11.8 Å². The number of thioether (sulfide) groups is 1. The monoisotopic (exact) mass is 221 g/mol. The van der Waals surface area contributed by atoms with Crippen LogP contribution in [0.1, 0.15) is 0 Å². The molecule has 2 nitrogen and oxygen atoms in total. The smallest absolute Gasteiger partial charge is 0.132 e. The molecule has 80 valence electrons. The second-order valence-electron chi connectivity index (χ2n) is 2.88. The Bertz CT molecular complexity index is 333. The normalized spacial score (nSPS) is 9.60. The van der Waals surface area contributed by atoms with E-state index < -0.39 is 0 Å². The van der Waals surface area contributed by atoms with Crippen LogP contribution in [0.3, 0.4) is 0 Å². The number of ether oxygens (including phenoxy) is 1. The van der Waals surface area contributed by atoms with E-state index in [1.165, 1.54) is 0 Å². The number of terminal acetylenes is 1. The van der Waals surface area contributed by atoms with E-state index >= 15 is 0 Å². The number of rotatable bonds is 6. The highest BCUT2D eigenvalue weighted by Gasteiger charge is 1.99. The Kier molecular flexibility index (Phi) is 5.76. The first kappa shape index (κ1) is 12.0. The minimum absolute atomic E-state index is 0.591. The van der Waals surface area contributed by atoms with Crippen molar-refractivity contribution < 1.29 is 4.74 Å². The van der Waals surface area contributed by atoms with Crippen molar-refractivity contribution in [1.29, 1.82) is 0 Å². The van der Waals surface area contributed by atoms with Crippen LogP contribution in [0.2, 0.25) is 0 Å². The maximum Gasteiger partial charge on any atom is 0.132 e. The van der Waals surface area contributed by atoms with E-state index in [0.717, 1.165) is 17.2 Å². The number of benzene rings is 1. The minimum Gasteiger partial charge on any atom is -0.491 e. The fourth-order valence-corrected chi connectivity index (χ4v) is 1.67. The second kappa shape index (κ2) is 7.22. The first-order valence-electron chi connectivity index (χ1n) is 4.78. The van der Waals surface area contributed by atoms with Crippen LogP contribution < -0.4 is 10.1 Å². The molecule has 0 aliphatic heterocycles. The van der Waals surface area contributed by atoms with E-state index in [2.05, 4.69) is 17.3 Å². The molecule has 1 N–H and O–H groups in total. The molecular weight excluding hydrogens is 206 g/mol. The molecule has 1 aromatic carbocycles. The molecule has 3 heteroatoms. The summed E-state index contributed by atoms with van der Waals surface area (Å²) in [5.74, 6) is 3.46. The molecule has 0 aliphatic carbocycles.